The first-order valence-electron chi connectivity index (χ1n) is 11.8. The van der Waals surface area contributed by atoms with E-state index in [1.807, 2.05) is 0 Å². The Hall–Kier alpha value is -2.45. The highest BCUT2D eigenvalue weighted by molar-refractivity contribution is 7.93. The molecule has 0 aliphatic heterocycles. The Morgan fingerprint density at radius 2 is 1.69 bits per heavy atom. The summed E-state index contributed by atoms with van der Waals surface area (Å²) in [5, 5.41) is 10.4. The van der Waals surface area contributed by atoms with Crippen LogP contribution in [0.25, 0.3) is 11.1 Å². The normalized spacial score (nSPS) is 10.2. The third kappa shape index (κ3) is 10.7. The highest BCUT2D eigenvalue weighted by Gasteiger charge is 2.15. The van der Waals surface area contributed by atoms with E-state index < -0.39 is 17.5 Å². The number of unbranched alkanes of at least 4 members (excludes halogenated alkanes) is 1. The average molecular weight is 538 g/mol. The summed E-state index contributed by atoms with van der Waals surface area (Å²) >= 11 is 6.30. The van der Waals surface area contributed by atoms with Gasteiger partial charge in [0.15, 0.2) is 11.6 Å². The van der Waals surface area contributed by atoms with Crippen molar-refractivity contribution in [3.8, 4) is 11.1 Å². The smallest absolute Gasteiger partial charge is 0.255 e. The van der Waals surface area contributed by atoms with Crippen molar-refractivity contribution in [1.82, 2.24) is 0 Å². The van der Waals surface area contributed by atoms with Crippen LogP contribution >= 0.6 is 23.6 Å². The van der Waals surface area contributed by atoms with E-state index in [1.54, 1.807) is 37.3 Å². The van der Waals surface area contributed by atoms with Crippen molar-refractivity contribution < 1.29 is 23.2 Å². The second kappa shape index (κ2) is 17.1. The molecule has 36 heavy (non-hydrogen) atoms. The fourth-order valence-electron chi connectivity index (χ4n) is 3.02. The molecule has 3 N–H and O–H groups in total. The molecule has 0 fully saturated rings. The van der Waals surface area contributed by atoms with E-state index >= 15 is 0 Å². The number of rotatable bonds is 7. The third-order valence-corrected chi connectivity index (χ3v) is 5.77. The first-order valence-corrected chi connectivity index (χ1v) is 12.9. The minimum Gasteiger partial charge on any atom is -0.397 e. The van der Waals surface area contributed by atoms with Crippen LogP contribution in [0.3, 0.4) is 0 Å². The van der Waals surface area contributed by atoms with Crippen molar-refractivity contribution in [2.45, 2.75) is 51.9 Å². The highest BCUT2D eigenvalue weighted by Crippen LogP contribution is 2.29. The maximum Gasteiger partial charge on any atom is 0.255 e. The lowest BCUT2D eigenvalue weighted by atomic mass is 10.0. The first kappa shape index (κ1) is 31.6. The zero-order valence-electron chi connectivity index (χ0n) is 21.0. The number of carbonyl (C=O) groups excluding carboxylic acids is 1. The molecule has 0 spiro atoms. The number of benzene rings is 3. The van der Waals surface area contributed by atoms with Crippen molar-refractivity contribution in [3.63, 3.8) is 0 Å². The molecule has 0 saturated heterocycles. The molecular formula is C28H34ClF2NO3S. The molecule has 0 bridgehead atoms. The Labute approximate surface area is 221 Å². The predicted octanol–water partition coefficient (Wildman–Crippen LogP) is 8.93. The van der Waals surface area contributed by atoms with E-state index in [0.717, 1.165) is 12.0 Å². The monoisotopic (exact) mass is 537 g/mol. The van der Waals surface area contributed by atoms with Crippen molar-refractivity contribution >= 4 is 35.2 Å². The molecule has 0 heterocycles. The molecule has 0 radical (unpaired) electrons. The Morgan fingerprint density at radius 1 is 1.06 bits per heavy atom. The van der Waals surface area contributed by atoms with E-state index in [1.165, 1.54) is 43.5 Å². The molecule has 0 aliphatic rings. The number of amides is 1. The Morgan fingerprint density at radius 3 is 2.22 bits per heavy atom. The topological polar surface area (TPSA) is 69.6 Å². The number of nitrogens with one attached hydrogen (secondary N) is 1. The SMILES string of the molecule is CCCCC(C)C.CCO.O=C(Nc1cc(F)c(F)c(-c2ccccc2)c1)c1ccc(Cl)c(SO)c1. The molecule has 3 aromatic rings. The van der Waals surface area contributed by atoms with Gasteiger partial charge in [0, 0.05) is 41.5 Å². The Bertz CT molecular complexity index is 1080. The molecule has 0 saturated carbocycles. The Balaban J connectivity index is 0.000000552. The molecule has 8 heteroatoms. The fourth-order valence-corrected chi connectivity index (χ4v) is 3.58. The zero-order chi connectivity index (χ0) is 27.1. The lowest BCUT2D eigenvalue weighted by Gasteiger charge is -2.11. The van der Waals surface area contributed by atoms with Gasteiger partial charge in [0.2, 0.25) is 0 Å². The van der Waals surface area contributed by atoms with Crippen molar-refractivity contribution in [2.24, 2.45) is 5.92 Å². The van der Waals surface area contributed by atoms with E-state index in [4.69, 9.17) is 21.3 Å². The van der Waals surface area contributed by atoms with Crippen LogP contribution in [-0.4, -0.2) is 22.2 Å². The third-order valence-electron chi connectivity index (χ3n) is 4.80. The van der Waals surface area contributed by atoms with Gasteiger partial charge < -0.3 is 15.0 Å². The number of hydrogen-bond donors (Lipinski definition) is 3. The molecule has 1 amide bonds. The molecule has 196 valence electrons. The summed E-state index contributed by atoms with van der Waals surface area (Å²) in [6, 6.07) is 15.1. The number of aliphatic hydroxyl groups is 1. The minimum atomic E-state index is -1.07. The van der Waals surface area contributed by atoms with E-state index in [9.17, 15) is 13.6 Å². The van der Waals surface area contributed by atoms with E-state index in [0.29, 0.717) is 27.5 Å². The quantitative estimate of drug-likeness (QED) is 0.263. The Kier molecular flexibility index (Phi) is 15.0. The van der Waals surface area contributed by atoms with Crippen LogP contribution in [0.2, 0.25) is 5.02 Å². The highest BCUT2D eigenvalue weighted by atomic mass is 35.5. The molecule has 0 atom stereocenters. The van der Waals surface area contributed by atoms with E-state index in [2.05, 4.69) is 26.1 Å². The maximum atomic E-state index is 14.1. The fraction of sp³-hybridized carbons (Fsp3) is 0.321. The van der Waals surface area contributed by atoms with Crippen molar-refractivity contribution in [1.29, 1.82) is 0 Å². The summed E-state index contributed by atoms with van der Waals surface area (Å²) < 4.78 is 37.3. The van der Waals surface area contributed by atoms with Gasteiger partial charge in [-0.05, 0) is 42.7 Å². The molecule has 3 aromatic carbocycles. The van der Waals surface area contributed by atoms with Crippen LogP contribution in [0.5, 0.6) is 0 Å². The summed E-state index contributed by atoms with van der Waals surface area (Å²) in [4.78, 5) is 12.7. The van der Waals surface area contributed by atoms with Gasteiger partial charge in [-0.3, -0.25) is 4.79 Å². The molecule has 0 unspecified atom stereocenters. The van der Waals surface area contributed by atoms with Gasteiger partial charge in [-0.15, -0.1) is 0 Å². The zero-order valence-corrected chi connectivity index (χ0v) is 22.6. The number of hydrogen-bond acceptors (Lipinski definition) is 4. The van der Waals surface area contributed by atoms with Crippen LogP contribution < -0.4 is 5.32 Å². The second-order valence-corrected chi connectivity index (χ2v) is 9.26. The van der Waals surface area contributed by atoms with Gasteiger partial charge in [0.05, 0.1) is 9.92 Å². The number of halogens is 3. The lowest BCUT2D eigenvalue weighted by Crippen LogP contribution is -2.12. The standard InChI is InChI=1S/C19H12ClF2NO2S.C7H16.C2H6O/c20-15-7-6-12(8-17(15)26-25)19(24)23-13-9-14(18(22)16(21)10-13)11-4-2-1-3-5-11;1-4-5-6-7(2)3;1-2-3/h1-10,25H,(H,23,24);7H,4-6H2,1-3H3;3H,2H2,1H3. The van der Waals surface area contributed by atoms with E-state index in [-0.39, 0.29) is 23.4 Å². The summed E-state index contributed by atoms with van der Waals surface area (Å²) in [7, 11) is 0. The predicted molar refractivity (Wildman–Crippen MR) is 147 cm³/mol. The van der Waals surface area contributed by atoms with Gasteiger partial charge >= 0.3 is 0 Å². The number of anilines is 1. The summed E-state index contributed by atoms with van der Waals surface area (Å²) in [5.74, 6) is -1.69. The van der Waals surface area contributed by atoms with Gasteiger partial charge in [-0.2, -0.15) is 0 Å². The second-order valence-electron chi connectivity index (χ2n) is 8.23. The van der Waals surface area contributed by atoms with Crippen LogP contribution in [0.15, 0.2) is 65.6 Å². The van der Waals surface area contributed by atoms with Gasteiger partial charge in [0.1, 0.15) is 0 Å². The summed E-state index contributed by atoms with van der Waals surface area (Å²) in [5.41, 5.74) is 0.868. The summed E-state index contributed by atoms with van der Waals surface area (Å²) in [6.07, 6.45) is 4.15. The molecule has 3 rings (SSSR count). The van der Waals surface area contributed by atoms with Crippen LogP contribution in [0.4, 0.5) is 14.5 Å². The van der Waals surface area contributed by atoms with Gasteiger partial charge in [-0.25, -0.2) is 8.78 Å². The molecule has 0 aliphatic carbocycles. The van der Waals surface area contributed by atoms with Crippen LogP contribution in [-0.2, 0) is 0 Å². The minimum absolute atomic E-state index is 0.0450. The van der Waals surface area contributed by atoms with Crippen LogP contribution in [0.1, 0.15) is 57.3 Å². The summed E-state index contributed by atoms with van der Waals surface area (Å²) in [6.45, 7) is 8.72. The first-order chi connectivity index (χ1) is 17.2. The van der Waals surface area contributed by atoms with Crippen molar-refractivity contribution in [3.05, 3.63) is 82.9 Å². The lowest BCUT2D eigenvalue weighted by molar-refractivity contribution is 0.102. The van der Waals surface area contributed by atoms with Gasteiger partial charge in [0.25, 0.3) is 5.91 Å². The molecule has 4 nitrogen and oxygen atoms in total. The van der Waals surface area contributed by atoms with Gasteiger partial charge in [-0.1, -0.05) is 82.0 Å². The average Bonchev–Trinajstić information content (AvgIpc) is 2.86. The molecule has 0 aromatic heterocycles. The largest absolute Gasteiger partial charge is 0.397 e. The van der Waals surface area contributed by atoms with Crippen LogP contribution in [0, 0.1) is 17.6 Å². The number of carbonyl (C=O) groups is 1. The van der Waals surface area contributed by atoms with Crippen molar-refractivity contribution in [2.75, 3.05) is 11.9 Å². The maximum absolute atomic E-state index is 14.1. The number of aliphatic hydroxyl groups excluding tert-OH is 1. The molecular weight excluding hydrogens is 504 g/mol.